The summed E-state index contributed by atoms with van der Waals surface area (Å²) in [6.07, 6.45) is 1.22. The molecule has 0 aromatic carbocycles. The van der Waals surface area contributed by atoms with Gasteiger partial charge in [-0.3, -0.25) is 0 Å². The van der Waals surface area contributed by atoms with E-state index < -0.39 is 16.6 Å². The summed E-state index contributed by atoms with van der Waals surface area (Å²) < 4.78 is 12.6. The van der Waals surface area contributed by atoms with Gasteiger partial charge in [-0.05, 0) is 46.1 Å². The lowest BCUT2D eigenvalue weighted by atomic mass is 10.5. The second kappa shape index (κ2) is 5.95. The number of rotatable bonds is 7. The highest BCUT2D eigenvalue weighted by atomic mass is 28.4. The van der Waals surface area contributed by atoms with Crippen molar-refractivity contribution in [3.8, 4) is 0 Å². The first-order chi connectivity index (χ1) is 7.08. The molecule has 0 rings (SSSR count). The van der Waals surface area contributed by atoms with Gasteiger partial charge in [0, 0.05) is 0 Å². The monoisotopic (exact) mass is 278 g/mol. The van der Waals surface area contributed by atoms with Gasteiger partial charge in [0.15, 0.2) is 8.32 Å². The van der Waals surface area contributed by atoms with Crippen molar-refractivity contribution in [2.75, 3.05) is 0 Å². The van der Waals surface area contributed by atoms with Crippen molar-refractivity contribution in [2.24, 2.45) is 0 Å². The Morgan fingerprint density at radius 1 is 1.12 bits per heavy atom. The van der Waals surface area contributed by atoms with Crippen LogP contribution in [0.5, 0.6) is 0 Å². The molecule has 0 heterocycles. The van der Waals surface area contributed by atoms with E-state index in [1.165, 1.54) is 12.5 Å². The maximum absolute atomic E-state index is 6.48. The molecule has 0 aliphatic carbocycles. The largest absolute Gasteiger partial charge is 0.459 e. The molecule has 0 bridgehead atoms. The van der Waals surface area contributed by atoms with E-state index in [0.717, 1.165) is 0 Å². The van der Waals surface area contributed by atoms with Crippen molar-refractivity contribution >= 4 is 26.4 Å². The van der Waals surface area contributed by atoms with Crippen LogP contribution < -0.4 is 0 Å². The summed E-state index contributed by atoms with van der Waals surface area (Å²) in [6, 6.07) is 1.24. The van der Waals surface area contributed by atoms with Gasteiger partial charge in [-0.1, -0.05) is 19.9 Å². The zero-order chi connectivity index (χ0) is 13.0. The van der Waals surface area contributed by atoms with Crippen molar-refractivity contribution in [1.82, 2.24) is 0 Å². The standard InChI is InChI=1S/C11H30O2Si3/c1-9-10-15(5,6)12-11(2,3)16(7,8)13-14-4/h9-10,14H2,1-8H3. The molecule has 0 amide bonds. The quantitative estimate of drug-likeness (QED) is 0.665. The number of hydrogen-bond donors (Lipinski definition) is 0. The lowest BCUT2D eigenvalue weighted by molar-refractivity contribution is 0.157. The SMILES string of the molecule is CCC[Si](C)(C)OC(C)(C)[Si](C)(C)O[SiH2]C. The van der Waals surface area contributed by atoms with Crippen LogP contribution >= 0.6 is 0 Å². The summed E-state index contributed by atoms with van der Waals surface area (Å²) in [4.78, 5) is 0. The first-order valence-corrected chi connectivity index (χ1v) is 14.4. The molecule has 0 aromatic rings. The van der Waals surface area contributed by atoms with Crippen molar-refractivity contribution in [1.29, 1.82) is 0 Å². The smallest absolute Gasteiger partial charge is 0.203 e. The highest BCUT2D eigenvalue weighted by molar-refractivity contribution is 6.79. The summed E-state index contributed by atoms with van der Waals surface area (Å²) in [5.41, 5.74) is 0. The Morgan fingerprint density at radius 2 is 1.62 bits per heavy atom. The van der Waals surface area contributed by atoms with Gasteiger partial charge in [0.1, 0.15) is 9.76 Å². The fourth-order valence-corrected chi connectivity index (χ4v) is 10.8. The molecular weight excluding hydrogens is 248 g/mol. The van der Waals surface area contributed by atoms with Crippen LogP contribution in [0.4, 0.5) is 0 Å². The Balaban J connectivity index is 4.66. The maximum atomic E-state index is 6.48. The molecule has 0 saturated heterocycles. The zero-order valence-electron chi connectivity index (χ0n) is 12.4. The fraction of sp³-hybridized carbons (Fsp3) is 1.00. The van der Waals surface area contributed by atoms with Crippen molar-refractivity contribution in [3.05, 3.63) is 0 Å². The molecule has 0 atom stereocenters. The lowest BCUT2D eigenvalue weighted by Crippen LogP contribution is -2.58. The van der Waals surface area contributed by atoms with E-state index in [9.17, 15) is 0 Å². The predicted octanol–water partition coefficient (Wildman–Crippen LogP) is 3.29. The minimum Gasteiger partial charge on any atom is -0.459 e. The van der Waals surface area contributed by atoms with E-state index in [-0.39, 0.29) is 15.0 Å². The summed E-state index contributed by atoms with van der Waals surface area (Å²) in [7, 11) is -3.54. The maximum Gasteiger partial charge on any atom is 0.203 e. The van der Waals surface area contributed by atoms with Crippen LogP contribution in [0.3, 0.4) is 0 Å². The molecule has 0 N–H and O–H groups in total. The second-order valence-corrected chi connectivity index (χ2v) is 16.2. The summed E-state index contributed by atoms with van der Waals surface area (Å²) >= 11 is 0. The fourth-order valence-electron chi connectivity index (χ4n) is 2.00. The minimum absolute atomic E-state index is 0.0547. The van der Waals surface area contributed by atoms with Gasteiger partial charge < -0.3 is 8.54 Å². The lowest BCUT2D eigenvalue weighted by Gasteiger charge is -2.44. The Bertz CT molecular complexity index is 215. The van der Waals surface area contributed by atoms with E-state index in [1.807, 2.05) is 0 Å². The molecule has 2 nitrogen and oxygen atoms in total. The van der Waals surface area contributed by atoms with Crippen LogP contribution in [0, 0.1) is 0 Å². The summed E-state index contributed by atoms with van der Waals surface area (Å²) in [6.45, 7) is 18.1. The van der Waals surface area contributed by atoms with Crippen LogP contribution in [0.25, 0.3) is 0 Å². The zero-order valence-corrected chi connectivity index (χ0v) is 15.9. The van der Waals surface area contributed by atoms with E-state index >= 15 is 0 Å². The Labute approximate surface area is 106 Å². The topological polar surface area (TPSA) is 18.5 Å². The molecule has 16 heavy (non-hydrogen) atoms. The molecule has 0 aromatic heterocycles. The summed E-state index contributed by atoms with van der Waals surface area (Å²) in [5, 5.41) is -0.0547. The highest BCUT2D eigenvalue weighted by Gasteiger charge is 2.44. The Hall–Kier alpha value is 0.571. The van der Waals surface area contributed by atoms with E-state index in [4.69, 9.17) is 8.54 Å². The molecule has 5 heteroatoms. The van der Waals surface area contributed by atoms with Crippen LogP contribution in [0.1, 0.15) is 27.2 Å². The van der Waals surface area contributed by atoms with Crippen molar-refractivity contribution < 1.29 is 8.54 Å². The first kappa shape index (κ1) is 16.6. The molecule has 0 radical (unpaired) electrons. The third-order valence-electron chi connectivity index (χ3n) is 3.34. The molecule has 0 aliphatic rings. The average molecular weight is 279 g/mol. The van der Waals surface area contributed by atoms with Gasteiger partial charge in [0.05, 0.1) is 5.22 Å². The minimum atomic E-state index is -1.70. The van der Waals surface area contributed by atoms with Gasteiger partial charge in [-0.15, -0.1) is 0 Å². The highest BCUT2D eigenvalue weighted by Crippen LogP contribution is 2.30. The molecule has 98 valence electrons. The predicted molar refractivity (Wildman–Crippen MR) is 80.7 cm³/mol. The normalized spacial score (nSPS) is 15.0. The van der Waals surface area contributed by atoms with Crippen LogP contribution in [-0.4, -0.2) is 31.6 Å². The molecule has 0 spiro atoms. The summed E-state index contributed by atoms with van der Waals surface area (Å²) in [5.74, 6) is 0. The third-order valence-corrected chi connectivity index (χ3v) is 13.4. The van der Waals surface area contributed by atoms with E-state index in [1.54, 1.807) is 0 Å². The average Bonchev–Trinajstić information content (AvgIpc) is 2.00. The van der Waals surface area contributed by atoms with Crippen LogP contribution in [-0.2, 0) is 8.54 Å². The van der Waals surface area contributed by atoms with E-state index in [2.05, 4.69) is 53.5 Å². The number of hydrogen-bond acceptors (Lipinski definition) is 2. The first-order valence-electron chi connectivity index (χ1n) is 6.42. The second-order valence-electron chi connectivity index (χ2n) is 6.07. The van der Waals surface area contributed by atoms with Gasteiger partial charge in [-0.2, -0.15) is 0 Å². The van der Waals surface area contributed by atoms with Crippen molar-refractivity contribution in [2.45, 2.75) is 71.2 Å². The Morgan fingerprint density at radius 3 is 2.00 bits per heavy atom. The van der Waals surface area contributed by atoms with Crippen molar-refractivity contribution in [3.63, 3.8) is 0 Å². The molecule has 0 aliphatic heterocycles. The van der Waals surface area contributed by atoms with Gasteiger partial charge in [-0.25, -0.2) is 0 Å². The van der Waals surface area contributed by atoms with E-state index in [0.29, 0.717) is 0 Å². The molecular formula is C11H30O2Si3. The molecule has 0 unspecified atom stereocenters. The molecule has 0 saturated carbocycles. The third kappa shape index (κ3) is 4.83. The van der Waals surface area contributed by atoms with Crippen LogP contribution in [0.2, 0.25) is 38.8 Å². The van der Waals surface area contributed by atoms with Crippen LogP contribution in [0.15, 0.2) is 0 Å². The Kier molecular flexibility index (Phi) is 6.16. The van der Waals surface area contributed by atoms with Gasteiger partial charge >= 0.3 is 0 Å². The van der Waals surface area contributed by atoms with Gasteiger partial charge in [0.25, 0.3) is 0 Å². The van der Waals surface area contributed by atoms with Gasteiger partial charge in [0.2, 0.25) is 8.32 Å². The molecule has 0 fully saturated rings.